The summed E-state index contributed by atoms with van der Waals surface area (Å²) in [7, 11) is 1.43. The minimum atomic E-state index is -1.09. The van der Waals surface area contributed by atoms with E-state index in [4.69, 9.17) is 41.7 Å². The summed E-state index contributed by atoms with van der Waals surface area (Å²) in [6.45, 7) is 0.427. The summed E-state index contributed by atoms with van der Waals surface area (Å²) in [4.78, 5) is 20.4. The predicted octanol–water partition coefficient (Wildman–Crippen LogP) is 6.97. The molecule has 0 spiro atoms. The molecule has 1 N–H and O–H groups in total. The number of carbonyl (C=O) groups is 1. The van der Waals surface area contributed by atoms with Gasteiger partial charge in [0, 0.05) is 35.0 Å². The largest absolute Gasteiger partial charge is 0.496 e. The Morgan fingerprint density at radius 3 is 2.50 bits per heavy atom. The van der Waals surface area contributed by atoms with Crippen LogP contribution in [0.25, 0.3) is 28.7 Å². The molecule has 2 aliphatic carbocycles. The molecule has 0 radical (unpaired) electrons. The van der Waals surface area contributed by atoms with E-state index in [-0.39, 0.29) is 11.3 Å². The Kier molecular flexibility index (Phi) is 6.60. The van der Waals surface area contributed by atoms with Crippen molar-refractivity contribution >= 4 is 35.2 Å². The van der Waals surface area contributed by atoms with Crippen LogP contribution in [0.5, 0.6) is 5.75 Å². The van der Waals surface area contributed by atoms with E-state index < -0.39 is 17.0 Å². The number of pyridine rings is 1. The maximum Gasteiger partial charge on any atom is 0.339 e. The number of benzene rings is 1. The minimum Gasteiger partial charge on any atom is -0.496 e. The number of carboxylic acid groups (broad SMARTS) is 1. The summed E-state index contributed by atoms with van der Waals surface area (Å²) in [5, 5.41) is 18.9. The molecule has 216 valence electrons. The Hall–Kier alpha value is -3.73. The summed E-state index contributed by atoms with van der Waals surface area (Å²) < 4.78 is 23.2. The van der Waals surface area contributed by atoms with Gasteiger partial charge in [-0.2, -0.15) is 4.98 Å². The molecular weight excluding hydrogens is 583 g/mol. The molecule has 4 aromatic rings. The molecule has 3 aromatic heterocycles. The summed E-state index contributed by atoms with van der Waals surface area (Å²) >= 11 is 12.9. The third-order valence-electron chi connectivity index (χ3n) is 8.61. The Bertz CT molecular complexity index is 1680. The number of fused-ring (bicyclic) bond motifs is 3. The molecule has 4 fully saturated rings. The second kappa shape index (κ2) is 10.2. The Balaban J connectivity index is 1.13. The highest BCUT2D eigenvalue weighted by Gasteiger charge is 2.52. The first-order valence-electron chi connectivity index (χ1n) is 13.7. The zero-order chi connectivity index (χ0) is 29.1. The van der Waals surface area contributed by atoms with Crippen LogP contribution in [0.4, 0.5) is 0 Å². The molecule has 5 heterocycles. The van der Waals surface area contributed by atoms with Gasteiger partial charge in [-0.1, -0.05) is 45.7 Å². The number of hydrogen-bond donors (Lipinski definition) is 1. The second-order valence-electron chi connectivity index (χ2n) is 11.2. The van der Waals surface area contributed by atoms with Gasteiger partial charge in [-0.25, -0.2) is 4.79 Å². The van der Waals surface area contributed by atoms with E-state index in [1.54, 1.807) is 24.5 Å². The highest BCUT2D eigenvalue weighted by molar-refractivity contribution is 6.39. The number of methoxy groups -OCH3 is 1. The highest BCUT2D eigenvalue weighted by Crippen LogP contribution is 2.52. The van der Waals surface area contributed by atoms with Crippen LogP contribution in [-0.2, 0) is 10.2 Å². The van der Waals surface area contributed by atoms with Crippen molar-refractivity contribution in [1.82, 2.24) is 20.3 Å². The highest BCUT2D eigenvalue weighted by atomic mass is 35.5. The molecule has 0 unspecified atom stereocenters. The maximum atomic E-state index is 11.7. The van der Waals surface area contributed by atoms with E-state index in [9.17, 15) is 9.90 Å². The van der Waals surface area contributed by atoms with Crippen LogP contribution in [-0.4, -0.2) is 50.7 Å². The van der Waals surface area contributed by atoms with Gasteiger partial charge < -0.3 is 23.6 Å². The number of carboxylic acids is 1. The summed E-state index contributed by atoms with van der Waals surface area (Å²) in [6, 6.07) is 4.79. The normalized spacial score (nSPS) is 23.5. The number of halogens is 2. The number of aromatic carboxylic acids is 1. The van der Waals surface area contributed by atoms with Crippen LogP contribution < -0.4 is 4.74 Å². The second-order valence-corrected chi connectivity index (χ2v) is 12.0. The first-order valence-corrected chi connectivity index (χ1v) is 14.5. The van der Waals surface area contributed by atoms with Gasteiger partial charge in [0.15, 0.2) is 0 Å². The third-order valence-corrected chi connectivity index (χ3v) is 9.18. The molecule has 0 amide bonds. The number of hydrogen-bond acceptors (Lipinski definition) is 9. The molecule has 12 heteroatoms. The number of ether oxygens (including phenoxy) is 2. The molecule has 42 heavy (non-hydrogen) atoms. The monoisotopic (exact) mass is 608 g/mol. The maximum absolute atomic E-state index is 11.7. The average molecular weight is 609 g/mol. The molecule has 10 nitrogen and oxygen atoms in total. The average Bonchev–Trinajstić information content (AvgIpc) is 3.56. The summed E-state index contributed by atoms with van der Waals surface area (Å²) in [6.07, 6.45) is 12.5. The van der Waals surface area contributed by atoms with Crippen molar-refractivity contribution in [3.8, 4) is 28.4 Å². The van der Waals surface area contributed by atoms with Crippen LogP contribution in [0.2, 0.25) is 10.0 Å². The van der Waals surface area contributed by atoms with Gasteiger partial charge in [0.2, 0.25) is 11.7 Å². The number of aromatic nitrogens is 4. The lowest BCUT2D eigenvalue weighted by Gasteiger charge is -2.50. The van der Waals surface area contributed by atoms with E-state index >= 15 is 0 Å². The van der Waals surface area contributed by atoms with Crippen molar-refractivity contribution in [2.75, 3.05) is 13.7 Å². The van der Waals surface area contributed by atoms with Crippen molar-refractivity contribution in [3.05, 3.63) is 69.5 Å². The van der Waals surface area contributed by atoms with Gasteiger partial charge in [0.25, 0.3) is 0 Å². The molecule has 1 aromatic carbocycles. The van der Waals surface area contributed by atoms with Gasteiger partial charge in [-0.05, 0) is 56.7 Å². The Morgan fingerprint density at radius 1 is 1.10 bits per heavy atom. The van der Waals surface area contributed by atoms with E-state index in [0.29, 0.717) is 51.1 Å². The predicted molar refractivity (Wildman–Crippen MR) is 153 cm³/mol. The summed E-state index contributed by atoms with van der Waals surface area (Å²) in [5.74, 6) is 1.17. The molecule has 2 saturated carbocycles. The molecule has 0 atom stereocenters. The first kappa shape index (κ1) is 27.1. The van der Waals surface area contributed by atoms with Gasteiger partial charge in [0.1, 0.15) is 22.8 Å². The molecular formula is C30H26Cl2N4O6. The minimum absolute atomic E-state index is 0.0315. The van der Waals surface area contributed by atoms with Gasteiger partial charge in [-0.3, -0.25) is 4.98 Å². The van der Waals surface area contributed by atoms with Gasteiger partial charge in [0.05, 0.1) is 34.8 Å². The van der Waals surface area contributed by atoms with Crippen molar-refractivity contribution < 1.29 is 28.4 Å². The van der Waals surface area contributed by atoms with E-state index in [1.165, 1.54) is 13.2 Å². The van der Waals surface area contributed by atoms with E-state index in [2.05, 4.69) is 26.4 Å². The molecule has 2 bridgehead atoms. The topological polar surface area (TPSA) is 134 Å². The Labute approximate surface area is 250 Å². The molecule has 2 aliphatic heterocycles. The van der Waals surface area contributed by atoms with Crippen molar-refractivity contribution in [2.45, 2.75) is 55.5 Å². The fourth-order valence-electron chi connectivity index (χ4n) is 5.95. The Morgan fingerprint density at radius 2 is 1.86 bits per heavy atom. The molecule has 4 aliphatic rings. The van der Waals surface area contributed by atoms with Crippen LogP contribution >= 0.6 is 23.2 Å². The fraction of sp³-hybridized carbons (Fsp3) is 0.367. The standard InChI is InChI=1S/C30H26Cl2N4O6/c1-39-22-5-4-17(12-19(22)27(37)38)26-34-28(42-36-26)29-8-10-30(11-9-29,40-15-29)7-6-18-24(35-41-25(18)16-2-3-16)23-20(31)13-33-14-21(23)32/h4-7,12-14,16H,2-3,8-11,15H2,1H3,(H,37,38). The zero-order valence-electron chi connectivity index (χ0n) is 22.6. The van der Waals surface area contributed by atoms with Gasteiger partial charge >= 0.3 is 5.97 Å². The van der Waals surface area contributed by atoms with E-state index in [0.717, 1.165) is 49.8 Å². The number of nitrogens with zero attached hydrogens (tertiary/aromatic N) is 4. The molecule has 8 rings (SSSR count). The van der Waals surface area contributed by atoms with Crippen LogP contribution in [0.3, 0.4) is 0 Å². The van der Waals surface area contributed by atoms with Crippen molar-refractivity contribution in [3.63, 3.8) is 0 Å². The number of rotatable bonds is 8. The van der Waals surface area contributed by atoms with Crippen molar-refractivity contribution in [2.24, 2.45) is 0 Å². The van der Waals surface area contributed by atoms with Crippen LogP contribution in [0.1, 0.15) is 72.0 Å². The smallest absolute Gasteiger partial charge is 0.339 e. The van der Waals surface area contributed by atoms with Gasteiger partial charge in [-0.15, -0.1) is 0 Å². The van der Waals surface area contributed by atoms with Crippen molar-refractivity contribution in [1.29, 1.82) is 0 Å². The van der Waals surface area contributed by atoms with Crippen LogP contribution in [0, 0.1) is 0 Å². The fourth-order valence-corrected chi connectivity index (χ4v) is 6.49. The lowest BCUT2D eigenvalue weighted by atomic mass is 9.65. The lowest BCUT2D eigenvalue weighted by Crippen LogP contribution is -2.52. The third kappa shape index (κ3) is 4.58. The quantitative estimate of drug-likeness (QED) is 0.223. The van der Waals surface area contributed by atoms with Crippen LogP contribution in [0.15, 0.2) is 45.7 Å². The lowest BCUT2D eigenvalue weighted by molar-refractivity contribution is -0.134. The molecule has 2 saturated heterocycles. The van der Waals surface area contributed by atoms with E-state index in [1.807, 2.05) is 6.08 Å². The SMILES string of the molecule is COc1ccc(-c2noc(C34CCC(C=Cc5c(-c6c(Cl)cncc6Cl)noc5C5CC5)(CC3)OC4)n2)cc1C(=O)O. The summed E-state index contributed by atoms with van der Waals surface area (Å²) in [5.41, 5.74) is 1.80. The zero-order valence-corrected chi connectivity index (χ0v) is 24.1. The first-order chi connectivity index (χ1) is 20.3.